The van der Waals surface area contributed by atoms with Crippen molar-refractivity contribution in [2.45, 2.75) is 32.6 Å². The lowest BCUT2D eigenvalue weighted by Crippen LogP contribution is -2.49. The van der Waals surface area contributed by atoms with Gasteiger partial charge in [-0.1, -0.05) is 0 Å². The number of fused-ring (bicyclic) bond motifs is 1. The maximum atomic E-state index is 11.9. The minimum Gasteiger partial charge on any atom is -0.408 e. The van der Waals surface area contributed by atoms with Gasteiger partial charge in [-0.15, -0.1) is 0 Å². The monoisotopic (exact) mass is 264 g/mol. The minimum atomic E-state index is -0.483. The fraction of sp³-hybridized carbons (Fsp3) is 0.538. The molecule has 0 atom stereocenters. The minimum absolute atomic E-state index is 0.483. The molecule has 0 aromatic carbocycles. The molecule has 0 radical (unpaired) electrons. The Bertz CT molecular complexity index is 472. The Hall–Kier alpha value is -1.66. The van der Waals surface area contributed by atoms with Crippen LogP contribution in [0.5, 0.6) is 5.75 Å². The van der Waals surface area contributed by atoms with Crippen molar-refractivity contribution in [1.82, 2.24) is 21.0 Å². The molecule has 104 valence electrons. The first-order valence-corrected chi connectivity index (χ1v) is 6.51. The third-order valence-electron chi connectivity index (χ3n) is 3.21. The molecule has 0 bridgehead atoms. The first-order chi connectivity index (χ1) is 9.15. The van der Waals surface area contributed by atoms with Gasteiger partial charge < -0.3 is 4.74 Å². The molecule has 1 heterocycles. The molecule has 1 amide bonds. The first-order valence-electron chi connectivity index (χ1n) is 6.51. The molecule has 6 heteroatoms. The summed E-state index contributed by atoms with van der Waals surface area (Å²) in [5, 5.41) is 1.19. The van der Waals surface area contributed by atoms with E-state index in [4.69, 9.17) is 4.74 Å². The summed E-state index contributed by atoms with van der Waals surface area (Å²) < 4.78 is 5.46. The van der Waals surface area contributed by atoms with E-state index >= 15 is 0 Å². The van der Waals surface area contributed by atoms with Crippen LogP contribution in [0, 0.1) is 6.92 Å². The highest BCUT2D eigenvalue weighted by Crippen LogP contribution is 2.29. The van der Waals surface area contributed by atoms with Gasteiger partial charge in [0.1, 0.15) is 5.75 Å². The van der Waals surface area contributed by atoms with Crippen LogP contribution < -0.4 is 15.6 Å². The predicted molar refractivity (Wildman–Crippen MR) is 71.6 cm³/mol. The highest BCUT2D eigenvalue weighted by Gasteiger charge is 2.20. The molecule has 0 unspecified atom stereocenters. The van der Waals surface area contributed by atoms with Gasteiger partial charge in [0.2, 0.25) is 0 Å². The van der Waals surface area contributed by atoms with Crippen LogP contribution in [-0.4, -0.2) is 30.3 Å². The quantitative estimate of drug-likeness (QED) is 0.806. The smallest absolute Gasteiger partial charge is 0.408 e. The highest BCUT2D eigenvalue weighted by molar-refractivity contribution is 5.70. The lowest BCUT2D eigenvalue weighted by Gasteiger charge is -2.22. The van der Waals surface area contributed by atoms with E-state index in [0.29, 0.717) is 5.75 Å². The summed E-state index contributed by atoms with van der Waals surface area (Å²) in [6.07, 6.45) is 3.66. The Morgan fingerprint density at radius 2 is 2.00 bits per heavy atom. The lowest BCUT2D eigenvalue weighted by atomic mass is 9.95. The zero-order chi connectivity index (χ0) is 13.8. The van der Waals surface area contributed by atoms with Gasteiger partial charge in [-0.2, -0.15) is 5.12 Å². The van der Waals surface area contributed by atoms with Gasteiger partial charge in [-0.25, -0.2) is 15.6 Å². The molecule has 0 saturated carbocycles. The number of pyridine rings is 1. The van der Waals surface area contributed by atoms with Crippen LogP contribution in [0.3, 0.4) is 0 Å². The summed E-state index contributed by atoms with van der Waals surface area (Å²) in [6, 6.07) is 1.82. The summed E-state index contributed by atoms with van der Waals surface area (Å²) in [6.45, 7) is 1.92. The van der Waals surface area contributed by atoms with Crippen molar-refractivity contribution in [1.29, 1.82) is 0 Å². The number of carbonyl (C=O) groups is 1. The number of hydrogen-bond donors (Lipinski definition) is 2. The van der Waals surface area contributed by atoms with Crippen molar-refractivity contribution in [2.24, 2.45) is 0 Å². The van der Waals surface area contributed by atoms with E-state index in [9.17, 15) is 4.79 Å². The molecule has 0 spiro atoms. The molecule has 0 fully saturated rings. The van der Waals surface area contributed by atoms with Crippen LogP contribution in [0.15, 0.2) is 6.07 Å². The molecule has 2 N–H and O–H groups in total. The highest BCUT2D eigenvalue weighted by atomic mass is 16.6. The van der Waals surface area contributed by atoms with E-state index in [0.717, 1.165) is 42.6 Å². The first kappa shape index (κ1) is 13.8. The second-order valence-corrected chi connectivity index (χ2v) is 4.54. The number of hydrogen-bond acceptors (Lipinski definition) is 5. The number of rotatable bonds is 3. The van der Waals surface area contributed by atoms with Crippen LogP contribution in [0.25, 0.3) is 0 Å². The third kappa shape index (κ3) is 3.02. The van der Waals surface area contributed by atoms with E-state index in [1.54, 1.807) is 14.1 Å². The Balaban J connectivity index is 2.24. The molecule has 2 rings (SSSR count). The Kier molecular flexibility index (Phi) is 4.34. The fourth-order valence-corrected chi connectivity index (χ4v) is 2.33. The van der Waals surface area contributed by atoms with Gasteiger partial charge in [0.15, 0.2) is 0 Å². The molecule has 0 saturated heterocycles. The summed E-state index contributed by atoms with van der Waals surface area (Å²) in [5.41, 5.74) is 8.41. The Morgan fingerprint density at radius 1 is 1.32 bits per heavy atom. The number of hydrazine groups is 2. The average Bonchev–Trinajstić information content (AvgIpc) is 2.40. The summed E-state index contributed by atoms with van der Waals surface area (Å²) in [7, 11) is 3.29. The Labute approximate surface area is 113 Å². The molecule has 19 heavy (non-hydrogen) atoms. The molecular formula is C13H20N4O2. The number of carbonyl (C=O) groups excluding carboxylic acids is 1. The molecule has 6 nitrogen and oxygen atoms in total. The molecule has 1 aromatic heterocycles. The zero-order valence-corrected chi connectivity index (χ0v) is 11.6. The second-order valence-electron chi connectivity index (χ2n) is 4.54. The van der Waals surface area contributed by atoms with Gasteiger partial charge >= 0.3 is 6.09 Å². The van der Waals surface area contributed by atoms with Gasteiger partial charge in [0.05, 0.1) is 0 Å². The van der Waals surface area contributed by atoms with E-state index in [1.807, 2.05) is 13.0 Å². The van der Waals surface area contributed by atoms with Crippen LogP contribution in [0.2, 0.25) is 0 Å². The SMILES string of the molecule is CNN(NC)C(=O)Oc1cc(C)nc2c1CCCC2. The Morgan fingerprint density at radius 3 is 2.68 bits per heavy atom. The molecule has 1 aliphatic rings. The third-order valence-corrected chi connectivity index (χ3v) is 3.21. The van der Waals surface area contributed by atoms with E-state index < -0.39 is 6.09 Å². The van der Waals surface area contributed by atoms with Crippen LogP contribution in [0.1, 0.15) is 29.8 Å². The molecule has 0 aliphatic heterocycles. The largest absolute Gasteiger partial charge is 0.444 e. The van der Waals surface area contributed by atoms with Crippen molar-refractivity contribution in [3.05, 3.63) is 23.0 Å². The van der Waals surface area contributed by atoms with Crippen molar-refractivity contribution < 1.29 is 9.53 Å². The normalized spacial score (nSPS) is 13.8. The van der Waals surface area contributed by atoms with Gasteiger partial charge in [0.25, 0.3) is 0 Å². The predicted octanol–water partition coefficient (Wildman–Crippen LogP) is 1.34. The van der Waals surface area contributed by atoms with Crippen LogP contribution >= 0.6 is 0 Å². The number of ether oxygens (including phenoxy) is 1. The molecule has 1 aliphatic carbocycles. The fourth-order valence-electron chi connectivity index (χ4n) is 2.33. The number of aromatic nitrogens is 1. The summed E-state index contributed by atoms with van der Waals surface area (Å²) >= 11 is 0. The van der Waals surface area contributed by atoms with Gasteiger partial charge in [-0.3, -0.25) is 4.98 Å². The van der Waals surface area contributed by atoms with Crippen molar-refractivity contribution in [3.8, 4) is 5.75 Å². The average molecular weight is 264 g/mol. The van der Waals surface area contributed by atoms with Gasteiger partial charge in [0, 0.05) is 37.1 Å². The van der Waals surface area contributed by atoms with E-state index in [1.165, 1.54) is 5.12 Å². The number of nitrogens with zero attached hydrogens (tertiary/aromatic N) is 2. The summed E-state index contributed by atoms with van der Waals surface area (Å²) in [4.78, 5) is 16.5. The van der Waals surface area contributed by atoms with Crippen molar-refractivity contribution in [3.63, 3.8) is 0 Å². The maximum absolute atomic E-state index is 11.9. The van der Waals surface area contributed by atoms with E-state index in [-0.39, 0.29) is 0 Å². The summed E-state index contributed by atoms with van der Waals surface area (Å²) in [5.74, 6) is 0.628. The van der Waals surface area contributed by atoms with Crippen molar-refractivity contribution >= 4 is 6.09 Å². The molecular weight excluding hydrogens is 244 g/mol. The standard InChI is InChI=1S/C13H20N4O2/c1-9-8-12(19-13(18)17(14-2)15-3)10-6-4-5-7-11(10)16-9/h8,14-15H,4-7H2,1-3H3. The zero-order valence-electron chi connectivity index (χ0n) is 11.6. The lowest BCUT2D eigenvalue weighted by molar-refractivity contribution is 0.108. The van der Waals surface area contributed by atoms with Gasteiger partial charge in [-0.05, 0) is 32.6 Å². The van der Waals surface area contributed by atoms with Crippen molar-refractivity contribution in [2.75, 3.05) is 14.1 Å². The number of nitrogens with one attached hydrogen (secondary N) is 2. The maximum Gasteiger partial charge on any atom is 0.444 e. The van der Waals surface area contributed by atoms with Crippen LogP contribution in [-0.2, 0) is 12.8 Å². The number of aryl methyl sites for hydroxylation is 2. The second kappa shape index (κ2) is 5.99. The number of amides is 1. The van der Waals surface area contributed by atoms with E-state index in [2.05, 4.69) is 15.8 Å². The molecule has 1 aromatic rings. The topological polar surface area (TPSA) is 66.5 Å². The van der Waals surface area contributed by atoms with Crippen LogP contribution in [0.4, 0.5) is 4.79 Å².